The van der Waals surface area contributed by atoms with E-state index in [1.807, 2.05) is 23.1 Å². The average molecular weight is 313 g/mol. The number of ether oxygens (including phenoxy) is 1. The van der Waals surface area contributed by atoms with Gasteiger partial charge < -0.3 is 14.2 Å². The SMILES string of the molecule is O=C([C@@H]1CCOC1)N1C[C@H](c2ncon2)[C@H](c2ccccc2)C1. The zero-order valence-corrected chi connectivity index (χ0v) is 12.8. The zero-order valence-electron chi connectivity index (χ0n) is 12.8. The fourth-order valence-corrected chi connectivity index (χ4v) is 3.61. The van der Waals surface area contributed by atoms with Crippen molar-refractivity contribution in [1.29, 1.82) is 0 Å². The summed E-state index contributed by atoms with van der Waals surface area (Å²) in [5.41, 5.74) is 1.21. The molecule has 3 heterocycles. The molecule has 2 aliphatic rings. The van der Waals surface area contributed by atoms with Crippen LogP contribution in [0.15, 0.2) is 41.2 Å². The predicted molar refractivity (Wildman–Crippen MR) is 81.7 cm³/mol. The summed E-state index contributed by atoms with van der Waals surface area (Å²) in [5.74, 6) is 1.13. The van der Waals surface area contributed by atoms with Gasteiger partial charge in [0.1, 0.15) is 0 Å². The Kier molecular flexibility index (Phi) is 3.83. The first-order chi connectivity index (χ1) is 11.3. The molecule has 2 saturated heterocycles. The van der Waals surface area contributed by atoms with E-state index in [9.17, 15) is 4.79 Å². The van der Waals surface area contributed by atoms with E-state index in [0.29, 0.717) is 32.1 Å². The second-order valence-electron chi connectivity index (χ2n) is 6.22. The van der Waals surface area contributed by atoms with Gasteiger partial charge in [0, 0.05) is 31.5 Å². The molecular formula is C17H19N3O3. The first-order valence-corrected chi connectivity index (χ1v) is 8.00. The predicted octanol–water partition coefficient (Wildman–Crippen LogP) is 1.82. The maximum absolute atomic E-state index is 12.7. The van der Waals surface area contributed by atoms with Gasteiger partial charge >= 0.3 is 0 Å². The van der Waals surface area contributed by atoms with Crippen LogP contribution in [-0.4, -0.2) is 47.3 Å². The molecule has 6 nitrogen and oxygen atoms in total. The average Bonchev–Trinajstić information content (AvgIpc) is 3.35. The molecule has 3 atom stereocenters. The van der Waals surface area contributed by atoms with Crippen LogP contribution >= 0.6 is 0 Å². The monoisotopic (exact) mass is 313 g/mol. The minimum atomic E-state index is -0.00422. The van der Waals surface area contributed by atoms with E-state index in [1.165, 1.54) is 12.0 Å². The third-order valence-corrected chi connectivity index (χ3v) is 4.85. The van der Waals surface area contributed by atoms with Gasteiger partial charge in [-0.25, -0.2) is 0 Å². The summed E-state index contributed by atoms with van der Waals surface area (Å²) in [6.07, 6.45) is 2.17. The van der Waals surface area contributed by atoms with Crippen molar-refractivity contribution >= 4 is 5.91 Å². The quantitative estimate of drug-likeness (QED) is 0.864. The van der Waals surface area contributed by atoms with Crippen LogP contribution in [0, 0.1) is 5.92 Å². The minimum absolute atomic E-state index is 0.00422. The topological polar surface area (TPSA) is 68.5 Å². The Morgan fingerprint density at radius 3 is 2.70 bits per heavy atom. The Bertz CT molecular complexity index is 653. The van der Waals surface area contributed by atoms with Gasteiger partial charge in [0.15, 0.2) is 5.82 Å². The Labute approximate surface area is 134 Å². The fraction of sp³-hybridized carbons (Fsp3) is 0.471. The van der Waals surface area contributed by atoms with E-state index >= 15 is 0 Å². The number of aromatic nitrogens is 2. The van der Waals surface area contributed by atoms with Gasteiger partial charge in [-0.15, -0.1) is 0 Å². The van der Waals surface area contributed by atoms with Crippen molar-refractivity contribution in [2.75, 3.05) is 26.3 Å². The number of hydrogen-bond acceptors (Lipinski definition) is 5. The summed E-state index contributed by atoms with van der Waals surface area (Å²) in [7, 11) is 0. The minimum Gasteiger partial charge on any atom is -0.381 e. The first kappa shape index (κ1) is 14.4. The number of carbonyl (C=O) groups is 1. The van der Waals surface area contributed by atoms with Gasteiger partial charge in [-0.05, 0) is 12.0 Å². The van der Waals surface area contributed by atoms with E-state index in [-0.39, 0.29) is 23.7 Å². The van der Waals surface area contributed by atoms with E-state index in [0.717, 1.165) is 6.42 Å². The van der Waals surface area contributed by atoms with E-state index in [1.54, 1.807) is 0 Å². The van der Waals surface area contributed by atoms with Crippen LogP contribution in [0.4, 0.5) is 0 Å². The van der Waals surface area contributed by atoms with Gasteiger partial charge in [0.25, 0.3) is 0 Å². The lowest BCUT2D eigenvalue weighted by Gasteiger charge is -2.19. The molecule has 1 aromatic heterocycles. The summed E-state index contributed by atoms with van der Waals surface area (Å²) in [5, 5.41) is 4.02. The summed E-state index contributed by atoms with van der Waals surface area (Å²) in [4.78, 5) is 18.9. The van der Waals surface area contributed by atoms with Crippen LogP contribution in [0.1, 0.15) is 29.6 Å². The second-order valence-corrected chi connectivity index (χ2v) is 6.22. The van der Waals surface area contributed by atoms with E-state index < -0.39 is 0 Å². The normalized spacial score (nSPS) is 27.5. The number of nitrogens with zero attached hydrogens (tertiary/aromatic N) is 3. The molecule has 0 aliphatic carbocycles. The molecule has 2 aromatic rings. The number of likely N-dealkylation sites (tertiary alicyclic amines) is 1. The Morgan fingerprint density at radius 2 is 2.00 bits per heavy atom. The lowest BCUT2D eigenvalue weighted by molar-refractivity contribution is -0.134. The van der Waals surface area contributed by atoms with Crippen LogP contribution in [0.3, 0.4) is 0 Å². The van der Waals surface area contributed by atoms with Crippen molar-refractivity contribution in [3.63, 3.8) is 0 Å². The number of carbonyl (C=O) groups excluding carboxylic acids is 1. The van der Waals surface area contributed by atoms with Gasteiger partial charge in [-0.2, -0.15) is 4.98 Å². The standard InChI is InChI=1S/C17H19N3O3/c21-17(13-6-7-22-10-13)20-8-14(12-4-2-1-3-5-12)15(9-20)16-18-11-23-19-16/h1-5,11,13-15H,6-10H2/t13-,14+,15+/m1/s1. The Balaban J connectivity index is 1.59. The van der Waals surface area contributed by atoms with Crippen LogP contribution in [0.25, 0.3) is 0 Å². The zero-order chi connectivity index (χ0) is 15.6. The maximum Gasteiger partial charge on any atom is 0.228 e. The van der Waals surface area contributed by atoms with Gasteiger partial charge in [-0.3, -0.25) is 4.79 Å². The third-order valence-electron chi connectivity index (χ3n) is 4.85. The lowest BCUT2D eigenvalue weighted by atomic mass is 9.88. The molecule has 0 radical (unpaired) electrons. The lowest BCUT2D eigenvalue weighted by Crippen LogP contribution is -2.34. The van der Waals surface area contributed by atoms with Crippen molar-refractivity contribution in [1.82, 2.24) is 15.0 Å². The largest absolute Gasteiger partial charge is 0.381 e. The molecule has 120 valence electrons. The van der Waals surface area contributed by atoms with Crippen molar-refractivity contribution in [3.05, 3.63) is 48.1 Å². The highest BCUT2D eigenvalue weighted by Gasteiger charge is 2.41. The van der Waals surface area contributed by atoms with Crippen LogP contribution in [-0.2, 0) is 9.53 Å². The highest BCUT2D eigenvalue weighted by atomic mass is 16.5. The Hall–Kier alpha value is -2.21. The van der Waals surface area contributed by atoms with Crippen molar-refractivity contribution in [3.8, 4) is 0 Å². The maximum atomic E-state index is 12.7. The van der Waals surface area contributed by atoms with E-state index in [2.05, 4.69) is 22.3 Å². The smallest absolute Gasteiger partial charge is 0.228 e. The van der Waals surface area contributed by atoms with Gasteiger partial charge in [0.05, 0.1) is 12.5 Å². The molecule has 4 rings (SSSR count). The van der Waals surface area contributed by atoms with Crippen LogP contribution in [0.5, 0.6) is 0 Å². The van der Waals surface area contributed by atoms with Crippen molar-refractivity contribution in [2.45, 2.75) is 18.3 Å². The molecule has 0 unspecified atom stereocenters. The number of benzene rings is 1. The Morgan fingerprint density at radius 1 is 1.17 bits per heavy atom. The molecule has 1 amide bonds. The molecule has 0 saturated carbocycles. The molecule has 2 aliphatic heterocycles. The summed E-state index contributed by atoms with van der Waals surface area (Å²) in [6, 6.07) is 10.3. The highest BCUT2D eigenvalue weighted by molar-refractivity contribution is 5.79. The summed E-state index contributed by atoms with van der Waals surface area (Å²) in [6.45, 7) is 2.55. The van der Waals surface area contributed by atoms with Gasteiger partial charge in [0.2, 0.25) is 12.3 Å². The van der Waals surface area contributed by atoms with Gasteiger partial charge in [-0.1, -0.05) is 35.5 Å². The first-order valence-electron chi connectivity index (χ1n) is 8.00. The summed E-state index contributed by atoms with van der Waals surface area (Å²) >= 11 is 0. The van der Waals surface area contributed by atoms with Crippen LogP contribution in [0.2, 0.25) is 0 Å². The molecule has 6 heteroatoms. The molecule has 0 N–H and O–H groups in total. The molecule has 1 aromatic carbocycles. The van der Waals surface area contributed by atoms with Crippen LogP contribution < -0.4 is 0 Å². The number of rotatable bonds is 3. The molecule has 2 fully saturated rings. The van der Waals surface area contributed by atoms with Crippen molar-refractivity contribution < 1.29 is 14.1 Å². The fourth-order valence-electron chi connectivity index (χ4n) is 3.61. The third kappa shape index (κ3) is 2.74. The number of amides is 1. The highest BCUT2D eigenvalue weighted by Crippen LogP contribution is 2.39. The molecule has 0 spiro atoms. The van der Waals surface area contributed by atoms with Crippen molar-refractivity contribution in [2.24, 2.45) is 5.92 Å². The molecular weight excluding hydrogens is 294 g/mol. The molecule has 23 heavy (non-hydrogen) atoms. The second kappa shape index (κ2) is 6.12. The number of hydrogen-bond donors (Lipinski definition) is 0. The summed E-state index contributed by atoms with van der Waals surface area (Å²) < 4.78 is 10.3. The van der Waals surface area contributed by atoms with E-state index in [4.69, 9.17) is 9.26 Å². The molecule has 0 bridgehead atoms.